The van der Waals surface area contributed by atoms with Crippen molar-refractivity contribution in [2.24, 2.45) is 0 Å². The number of amides is 2. The summed E-state index contributed by atoms with van der Waals surface area (Å²) in [7, 11) is 0. The van der Waals surface area contributed by atoms with Crippen LogP contribution in [0.25, 0.3) is 10.8 Å². The second-order valence-electron chi connectivity index (χ2n) is 5.04. The number of hydrogen-bond donors (Lipinski definition) is 3. The normalized spacial score (nSPS) is 10.5. The zero-order valence-electron chi connectivity index (χ0n) is 12.8. The van der Waals surface area contributed by atoms with Gasteiger partial charge in [0.25, 0.3) is 0 Å². The number of aromatic nitrogens is 3. The second-order valence-corrected chi connectivity index (χ2v) is 5.90. The van der Waals surface area contributed by atoms with Crippen molar-refractivity contribution < 1.29 is 14.0 Å². The summed E-state index contributed by atoms with van der Waals surface area (Å²) < 4.78 is 5.50. The Morgan fingerprint density at radius 2 is 2.21 bits per heavy atom. The third-order valence-electron chi connectivity index (χ3n) is 3.07. The van der Waals surface area contributed by atoms with Gasteiger partial charge in [0.2, 0.25) is 11.8 Å². The molecular weight excluding hydrogens is 330 g/mol. The molecular formula is C15H15N5O3S. The van der Waals surface area contributed by atoms with Gasteiger partial charge in [0.1, 0.15) is 5.76 Å². The fourth-order valence-corrected chi connectivity index (χ4v) is 2.76. The Morgan fingerprint density at radius 1 is 1.33 bits per heavy atom. The predicted octanol–water partition coefficient (Wildman–Crippen LogP) is 1.73. The molecule has 0 radical (unpaired) electrons. The van der Waals surface area contributed by atoms with Gasteiger partial charge in [-0.05, 0) is 19.1 Å². The van der Waals surface area contributed by atoms with Crippen molar-refractivity contribution in [1.29, 1.82) is 0 Å². The zero-order chi connectivity index (χ0) is 16.9. The smallest absolute Gasteiger partial charge is 0.243 e. The summed E-state index contributed by atoms with van der Waals surface area (Å²) in [6, 6.07) is 3.71. The van der Waals surface area contributed by atoms with Crippen LogP contribution in [0.2, 0.25) is 0 Å². The van der Waals surface area contributed by atoms with Crippen molar-refractivity contribution in [3.63, 3.8) is 0 Å². The highest BCUT2D eigenvalue weighted by atomic mass is 32.1. The lowest BCUT2D eigenvalue weighted by molar-refractivity contribution is -0.123. The Hall–Kier alpha value is -2.94. The number of nitrogens with one attached hydrogen (secondary N) is 3. The minimum Gasteiger partial charge on any atom is -0.459 e. The van der Waals surface area contributed by atoms with Crippen LogP contribution in [0.5, 0.6) is 0 Å². The first-order chi connectivity index (χ1) is 11.6. The molecule has 8 nitrogen and oxygen atoms in total. The molecule has 9 heteroatoms. The van der Waals surface area contributed by atoms with Crippen LogP contribution in [0.15, 0.2) is 34.3 Å². The van der Waals surface area contributed by atoms with E-state index in [1.165, 1.54) is 17.5 Å². The van der Waals surface area contributed by atoms with Gasteiger partial charge in [0.05, 0.1) is 30.5 Å². The van der Waals surface area contributed by atoms with Crippen molar-refractivity contribution in [1.82, 2.24) is 20.5 Å². The number of thiazole rings is 1. The molecule has 0 spiro atoms. The van der Waals surface area contributed by atoms with E-state index in [-0.39, 0.29) is 24.8 Å². The summed E-state index contributed by atoms with van der Waals surface area (Å²) in [4.78, 5) is 27.9. The van der Waals surface area contributed by atoms with Crippen LogP contribution in [0.1, 0.15) is 11.5 Å². The SMILES string of the molecule is Cc1ccc(-c2nc(CC(=O)NCC(=O)Nc3cn[nH]c3)cs2)o1. The van der Waals surface area contributed by atoms with Gasteiger partial charge in [0.15, 0.2) is 10.8 Å². The molecule has 0 bridgehead atoms. The first-order valence-corrected chi connectivity index (χ1v) is 8.04. The van der Waals surface area contributed by atoms with Gasteiger partial charge in [-0.1, -0.05) is 0 Å². The predicted molar refractivity (Wildman–Crippen MR) is 88.5 cm³/mol. The Labute approximate surface area is 141 Å². The van der Waals surface area contributed by atoms with Gasteiger partial charge in [-0.2, -0.15) is 5.10 Å². The summed E-state index contributed by atoms with van der Waals surface area (Å²) in [6.07, 6.45) is 3.13. The van der Waals surface area contributed by atoms with E-state index in [0.29, 0.717) is 17.1 Å². The van der Waals surface area contributed by atoms with Crippen LogP contribution in [-0.4, -0.2) is 33.5 Å². The van der Waals surface area contributed by atoms with Gasteiger partial charge >= 0.3 is 0 Å². The average Bonchev–Trinajstić information content (AvgIpc) is 3.27. The first kappa shape index (κ1) is 15.9. The number of carbonyl (C=O) groups is 2. The molecule has 3 rings (SSSR count). The van der Waals surface area contributed by atoms with E-state index in [1.54, 1.807) is 11.6 Å². The lowest BCUT2D eigenvalue weighted by atomic mass is 10.3. The van der Waals surface area contributed by atoms with E-state index in [4.69, 9.17) is 4.42 Å². The largest absolute Gasteiger partial charge is 0.459 e. The van der Waals surface area contributed by atoms with E-state index in [0.717, 1.165) is 10.8 Å². The Kier molecular flexibility index (Phi) is 4.71. The molecule has 0 saturated heterocycles. The molecule has 0 aliphatic rings. The standard InChI is InChI=1S/C15H15N5O3S/c1-9-2-3-12(23-9)15-20-10(8-24-15)4-13(21)16-7-14(22)19-11-5-17-18-6-11/h2-3,5-6,8H,4,7H2,1H3,(H,16,21)(H,17,18)(H,19,22). The summed E-state index contributed by atoms with van der Waals surface area (Å²) >= 11 is 1.41. The van der Waals surface area contributed by atoms with Gasteiger partial charge in [-0.25, -0.2) is 4.98 Å². The van der Waals surface area contributed by atoms with Gasteiger partial charge < -0.3 is 15.1 Å². The number of aromatic amines is 1. The van der Waals surface area contributed by atoms with Crippen molar-refractivity contribution in [2.45, 2.75) is 13.3 Å². The molecule has 0 aromatic carbocycles. The fraction of sp³-hybridized carbons (Fsp3) is 0.200. The number of hydrogen-bond acceptors (Lipinski definition) is 6. The monoisotopic (exact) mass is 345 g/mol. The molecule has 0 aliphatic carbocycles. The Balaban J connectivity index is 1.48. The number of rotatable bonds is 6. The third-order valence-corrected chi connectivity index (χ3v) is 3.98. The second kappa shape index (κ2) is 7.09. The number of aryl methyl sites for hydroxylation is 1. The van der Waals surface area contributed by atoms with Crippen molar-refractivity contribution >= 4 is 28.8 Å². The van der Waals surface area contributed by atoms with E-state index in [9.17, 15) is 9.59 Å². The lowest BCUT2D eigenvalue weighted by Gasteiger charge is -2.04. The molecule has 2 amide bonds. The highest BCUT2D eigenvalue weighted by Gasteiger charge is 2.12. The van der Waals surface area contributed by atoms with Crippen LogP contribution in [0, 0.1) is 6.92 Å². The van der Waals surface area contributed by atoms with E-state index in [2.05, 4.69) is 25.8 Å². The van der Waals surface area contributed by atoms with Crippen LogP contribution in [0.4, 0.5) is 5.69 Å². The zero-order valence-corrected chi connectivity index (χ0v) is 13.6. The van der Waals surface area contributed by atoms with Gasteiger partial charge in [0, 0.05) is 11.6 Å². The van der Waals surface area contributed by atoms with Crippen molar-refractivity contribution in [3.8, 4) is 10.8 Å². The van der Waals surface area contributed by atoms with Crippen molar-refractivity contribution in [3.05, 3.63) is 41.4 Å². The number of anilines is 1. The topological polar surface area (TPSA) is 113 Å². The maximum absolute atomic E-state index is 11.9. The number of nitrogens with zero attached hydrogens (tertiary/aromatic N) is 2. The highest BCUT2D eigenvalue weighted by molar-refractivity contribution is 7.13. The Morgan fingerprint density at radius 3 is 2.92 bits per heavy atom. The summed E-state index contributed by atoms with van der Waals surface area (Å²) in [5, 5.41) is 14.0. The molecule has 24 heavy (non-hydrogen) atoms. The van der Waals surface area contributed by atoms with Crippen LogP contribution < -0.4 is 10.6 Å². The molecule has 3 heterocycles. The minimum absolute atomic E-state index is 0.106. The number of furan rings is 1. The van der Waals surface area contributed by atoms with Crippen LogP contribution in [0.3, 0.4) is 0 Å². The molecule has 0 saturated carbocycles. The Bertz CT molecular complexity index is 837. The first-order valence-electron chi connectivity index (χ1n) is 7.16. The molecule has 0 atom stereocenters. The summed E-state index contributed by atoms with van der Waals surface area (Å²) in [5.74, 6) is 0.895. The molecule has 124 valence electrons. The quantitative estimate of drug-likeness (QED) is 0.630. The maximum Gasteiger partial charge on any atom is 0.243 e. The average molecular weight is 345 g/mol. The van der Waals surface area contributed by atoms with Crippen LogP contribution in [-0.2, 0) is 16.0 Å². The minimum atomic E-state index is -0.324. The van der Waals surface area contributed by atoms with Crippen molar-refractivity contribution in [2.75, 3.05) is 11.9 Å². The van der Waals surface area contributed by atoms with E-state index < -0.39 is 0 Å². The molecule has 3 aromatic rings. The van der Waals surface area contributed by atoms with Gasteiger partial charge in [-0.15, -0.1) is 11.3 Å². The van der Waals surface area contributed by atoms with E-state index >= 15 is 0 Å². The molecule has 3 N–H and O–H groups in total. The van der Waals surface area contributed by atoms with Gasteiger partial charge in [-0.3, -0.25) is 14.7 Å². The highest BCUT2D eigenvalue weighted by Crippen LogP contribution is 2.25. The molecule has 0 aliphatic heterocycles. The van der Waals surface area contributed by atoms with Crippen LogP contribution >= 0.6 is 11.3 Å². The lowest BCUT2D eigenvalue weighted by Crippen LogP contribution is -2.33. The molecule has 0 unspecified atom stereocenters. The molecule has 0 fully saturated rings. The van der Waals surface area contributed by atoms with E-state index in [1.807, 2.05) is 19.1 Å². The number of carbonyl (C=O) groups excluding carboxylic acids is 2. The maximum atomic E-state index is 11.9. The fourth-order valence-electron chi connectivity index (χ4n) is 1.98. The third kappa shape index (κ3) is 4.07. The summed E-state index contributed by atoms with van der Waals surface area (Å²) in [6.45, 7) is 1.75. The number of H-pyrrole nitrogens is 1. The molecule has 3 aromatic heterocycles. The summed E-state index contributed by atoms with van der Waals surface area (Å²) in [5.41, 5.74) is 1.18.